The predicted molar refractivity (Wildman–Crippen MR) is 60.3 cm³/mol. The van der Waals surface area contributed by atoms with Gasteiger partial charge in [-0.1, -0.05) is 0 Å². The molecule has 8 heteroatoms. The number of carboxylic acid groups (broad SMARTS) is 1. The van der Waals surface area contributed by atoms with Crippen LogP contribution in [0.4, 0.5) is 8.78 Å². The van der Waals surface area contributed by atoms with Crippen molar-refractivity contribution >= 4 is 17.8 Å². The highest BCUT2D eigenvalue weighted by molar-refractivity contribution is 5.87. The van der Waals surface area contributed by atoms with Crippen LogP contribution in [0.5, 0.6) is 0 Å². The molecule has 19 heavy (non-hydrogen) atoms. The Morgan fingerprint density at radius 3 is 2.16 bits per heavy atom. The highest BCUT2D eigenvalue weighted by Crippen LogP contribution is 2.36. The fraction of sp³-hybridized carbons (Fsp3) is 0.727. The van der Waals surface area contributed by atoms with Crippen molar-refractivity contribution in [1.29, 1.82) is 0 Å². The van der Waals surface area contributed by atoms with Gasteiger partial charge in [-0.25, -0.2) is 8.78 Å². The number of hydrogen-bond donors (Lipinski definition) is 2. The van der Waals surface area contributed by atoms with Crippen LogP contribution >= 0.6 is 0 Å². The SMILES string of the molecule is NC(=O)CN(CC(=O)O)C(=O)C1CCC(F)(F)CC1. The molecule has 0 aromatic heterocycles. The molecule has 0 unspecified atom stereocenters. The van der Waals surface area contributed by atoms with Crippen LogP contribution in [0, 0.1) is 5.92 Å². The summed E-state index contributed by atoms with van der Waals surface area (Å²) >= 11 is 0. The summed E-state index contributed by atoms with van der Waals surface area (Å²) in [6.45, 7) is -1.17. The van der Waals surface area contributed by atoms with Gasteiger partial charge in [-0.2, -0.15) is 0 Å². The molecule has 0 heterocycles. The van der Waals surface area contributed by atoms with Crippen LogP contribution in [-0.4, -0.2) is 46.8 Å². The van der Waals surface area contributed by atoms with Crippen molar-refractivity contribution in [2.75, 3.05) is 13.1 Å². The van der Waals surface area contributed by atoms with Crippen LogP contribution < -0.4 is 5.73 Å². The molecule has 0 saturated heterocycles. The van der Waals surface area contributed by atoms with Crippen LogP contribution in [0.15, 0.2) is 0 Å². The van der Waals surface area contributed by atoms with Crippen LogP contribution in [-0.2, 0) is 14.4 Å². The minimum atomic E-state index is -2.77. The first-order chi connectivity index (χ1) is 8.71. The van der Waals surface area contributed by atoms with Gasteiger partial charge in [0.2, 0.25) is 17.7 Å². The number of carboxylic acids is 1. The van der Waals surface area contributed by atoms with Gasteiger partial charge in [-0.15, -0.1) is 0 Å². The average molecular weight is 278 g/mol. The Morgan fingerprint density at radius 1 is 1.21 bits per heavy atom. The van der Waals surface area contributed by atoms with Gasteiger partial charge in [0.15, 0.2) is 0 Å². The molecule has 6 nitrogen and oxygen atoms in total. The number of aliphatic carboxylic acids is 1. The summed E-state index contributed by atoms with van der Waals surface area (Å²) in [6.07, 6.45) is -0.830. The summed E-state index contributed by atoms with van der Waals surface area (Å²) in [4.78, 5) is 34.2. The minimum absolute atomic E-state index is 0.0132. The number of primary amides is 1. The van der Waals surface area contributed by atoms with Crippen molar-refractivity contribution in [3.05, 3.63) is 0 Å². The molecule has 1 rings (SSSR count). The number of alkyl halides is 2. The second-order valence-corrected chi connectivity index (χ2v) is 4.68. The van der Waals surface area contributed by atoms with E-state index in [9.17, 15) is 23.2 Å². The number of amides is 2. The molecule has 0 aliphatic heterocycles. The lowest BCUT2D eigenvalue weighted by molar-refractivity contribution is -0.149. The Balaban J connectivity index is 2.66. The van der Waals surface area contributed by atoms with Crippen LogP contribution in [0.1, 0.15) is 25.7 Å². The van der Waals surface area contributed by atoms with Gasteiger partial charge in [0.1, 0.15) is 6.54 Å². The van der Waals surface area contributed by atoms with Crippen LogP contribution in [0.2, 0.25) is 0 Å². The van der Waals surface area contributed by atoms with Crippen molar-refractivity contribution in [2.24, 2.45) is 11.7 Å². The van der Waals surface area contributed by atoms with Crippen molar-refractivity contribution in [3.63, 3.8) is 0 Å². The molecule has 0 aromatic carbocycles. The molecule has 1 aliphatic carbocycles. The van der Waals surface area contributed by atoms with Gasteiger partial charge < -0.3 is 15.7 Å². The number of carbonyl (C=O) groups excluding carboxylic acids is 2. The number of nitrogens with two attached hydrogens (primary N) is 1. The zero-order valence-corrected chi connectivity index (χ0v) is 10.3. The van der Waals surface area contributed by atoms with Crippen molar-refractivity contribution < 1.29 is 28.3 Å². The Kier molecular flexibility index (Phi) is 4.79. The molecule has 108 valence electrons. The maximum absolute atomic E-state index is 13.0. The average Bonchev–Trinajstić information content (AvgIpc) is 2.26. The van der Waals surface area contributed by atoms with Crippen molar-refractivity contribution in [2.45, 2.75) is 31.6 Å². The lowest BCUT2D eigenvalue weighted by Crippen LogP contribution is -2.45. The number of hydrogen-bond acceptors (Lipinski definition) is 3. The molecular formula is C11H16F2N2O4. The lowest BCUT2D eigenvalue weighted by atomic mass is 9.86. The Labute approximate surface area is 108 Å². The van der Waals surface area contributed by atoms with E-state index in [1.54, 1.807) is 0 Å². The van der Waals surface area contributed by atoms with Crippen LogP contribution in [0.3, 0.4) is 0 Å². The number of carbonyl (C=O) groups is 3. The van der Waals surface area contributed by atoms with Gasteiger partial charge in [0.05, 0.1) is 6.54 Å². The Hall–Kier alpha value is -1.73. The molecule has 1 fully saturated rings. The van der Waals surface area contributed by atoms with E-state index in [0.29, 0.717) is 0 Å². The first kappa shape index (κ1) is 15.3. The maximum Gasteiger partial charge on any atom is 0.323 e. The van der Waals surface area contributed by atoms with Gasteiger partial charge in [0, 0.05) is 18.8 Å². The van der Waals surface area contributed by atoms with Gasteiger partial charge >= 0.3 is 5.97 Å². The summed E-state index contributed by atoms with van der Waals surface area (Å²) < 4.78 is 25.9. The number of halogens is 2. The maximum atomic E-state index is 13.0. The quantitative estimate of drug-likeness (QED) is 0.750. The first-order valence-electron chi connectivity index (χ1n) is 5.88. The number of nitrogens with zero attached hydrogens (tertiary/aromatic N) is 1. The van der Waals surface area contributed by atoms with E-state index in [2.05, 4.69) is 0 Å². The van der Waals surface area contributed by atoms with E-state index >= 15 is 0 Å². The molecule has 0 aromatic rings. The fourth-order valence-corrected chi connectivity index (χ4v) is 2.11. The fourth-order valence-electron chi connectivity index (χ4n) is 2.11. The van der Waals surface area contributed by atoms with E-state index in [-0.39, 0.29) is 12.8 Å². The topological polar surface area (TPSA) is 101 Å². The molecule has 0 atom stereocenters. The van der Waals surface area contributed by atoms with E-state index in [4.69, 9.17) is 10.8 Å². The third kappa shape index (κ3) is 4.80. The largest absolute Gasteiger partial charge is 0.480 e. The standard InChI is InChI=1S/C11H16F2N2O4/c12-11(13)3-1-7(2-4-11)10(19)15(5-8(14)16)6-9(17)18/h7H,1-6H2,(H2,14,16)(H,17,18). The summed E-state index contributed by atoms with van der Waals surface area (Å²) in [6, 6.07) is 0. The van der Waals surface area contributed by atoms with E-state index < -0.39 is 55.6 Å². The smallest absolute Gasteiger partial charge is 0.323 e. The lowest BCUT2D eigenvalue weighted by Gasteiger charge is -2.30. The third-order valence-electron chi connectivity index (χ3n) is 3.05. The van der Waals surface area contributed by atoms with Gasteiger partial charge in [-0.05, 0) is 12.8 Å². The molecular weight excluding hydrogens is 262 g/mol. The molecule has 2 amide bonds. The second-order valence-electron chi connectivity index (χ2n) is 4.68. The zero-order chi connectivity index (χ0) is 14.6. The third-order valence-corrected chi connectivity index (χ3v) is 3.05. The summed E-state index contributed by atoms with van der Waals surface area (Å²) in [5, 5.41) is 8.66. The summed E-state index contributed by atoms with van der Waals surface area (Å²) in [5.74, 6) is -6.15. The van der Waals surface area contributed by atoms with Crippen LogP contribution in [0.25, 0.3) is 0 Å². The highest BCUT2D eigenvalue weighted by atomic mass is 19.3. The minimum Gasteiger partial charge on any atom is -0.480 e. The van der Waals surface area contributed by atoms with Gasteiger partial charge in [0.25, 0.3) is 0 Å². The Morgan fingerprint density at radius 2 is 1.74 bits per heavy atom. The summed E-state index contributed by atoms with van der Waals surface area (Å²) in [5.41, 5.74) is 4.93. The monoisotopic (exact) mass is 278 g/mol. The molecule has 1 saturated carbocycles. The van der Waals surface area contributed by atoms with E-state index in [0.717, 1.165) is 4.90 Å². The second kappa shape index (κ2) is 5.94. The highest BCUT2D eigenvalue weighted by Gasteiger charge is 2.39. The molecule has 1 aliphatic rings. The normalized spacial score (nSPS) is 18.8. The predicted octanol–water partition coefficient (Wildman–Crippen LogP) is 0.210. The van der Waals surface area contributed by atoms with E-state index in [1.807, 2.05) is 0 Å². The zero-order valence-electron chi connectivity index (χ0n) is 10.3. The van der Waals surface area contributed by atoms with Gasteiger partial charge in [-0.3, -0.25) is 14.4 Å². The van der Waals surface area contributed by atoms with E-state index in [1.165, 1.54) is 0 Å². The first-order valence-corrected chi connectivity index (χ1v) is 5.88. The van der Waals surface area contributed by atoms with Crippen molar-refractivity contribution in [3.8, 4) is 0 Å². The summed E-state index contributed by atoms with van der Waals surface area (Å²) in [7, 11) is 0. The van der Waals surface area contributed by atoms with Crippen molar-refractivity contribution in [1.82, 2.24) is 4.90 Å². The number of rotatable bonds is 5. The molecule has 0 spiro atoms. The molecule has 0 bridgehead atoms. The molecule has 3 N–H and O–H groups in total. The Bertz CT molecular complexity index is 361. The molecule has 0 radical (unpaired) electrons.